The van der Waals surface area contributed by atoms with Gasteiger partial charge in [-0.25, -0.2) is 0 Å². The molecule has 0 spiro atoms. The monoisotopic (exact) mass is 264 g/mol. The number of fused-ring (bicyclic) bond motifs is 2. The SMILES string of the molecule is CC.CCC(C)c1ccc2cc3ccccc3cc2c1. The normalized spacial score (nSPS) is 12.0. The Bertz CT molecular complexity index is 695. The first-order valence-corrected chi connectivity index (χ1v) is 7.70. The molecular formula is C20H24. The highest BCUT2D eigenvalue weighted by Crippen LogP contribution is 2.27. The van der Waals surface area contributed by atoms with Crippen molar-refractivity contribution in [1.29, 1.82) is 0 Å². The molecule has 1 unspecified atom stereocenters. The number of hydrogen-bond acceptors (Lipinski definition) is 0. The van der Waals surface area contributed by atoms with Crippen LogP contribution in [0.5, 0.6) is 0 Å². The van der Waals surface area contributed by atoms with E-state index in [0.29, 0.717) is 5.92 Å². The molecule has 0 nitrogen and oxygen atoms in total. The fourth-order valence-electron chi connectivity index (χ4n) is 2.50. The molecule has 3 rings (SSSR count). The first-order valence-electron chi connectivity index (χ1n) is 7.70. The lowest BCUT2D eigenvalue weighted by Crippen LogP contribution is -1.90. The molecular weight excluding hydrogens is 240 g/mol. The van der Waals surface area contributed by atoms with Crippen LogP contribution in [-0.4, -0.2) is 0 Å². The molecule has 104 valence electrons. The third-order valence-corrected chi connectivity index (χ3v) is 3.91. The largest absolute Gasteiger partial charge is 0.0683 e. The first kappa shape index (κ1) is 14.6. The maximum absolute atomic E-state index is 2.34. The zero-order chi connectivity index (χ0) is 14.5. The number of hydrogen-bond donors (Lipinski definition) is 0. The Hall–Kier alpha value is -1.82. The van der Waals surface area contributed by atoms with Crippen molar-refractivity contribution in [2.75, 3.05) is 0 Å². The second kappa shape index (κ2) is 6.56. The van der Waals surface area contributed by atoms with Gasteiger partial charge >= 0.3 is 0 Å². The average molecular weight is 264 g/mol. The zero-order valence-electron chi connectivity index (χ0n) is 13.0. The predicted octanol–water partition coefficient (Wildman–Crippen LogP) is 6.53. The molecule has 3 aromatic carbocycles. The molecule has 0 N–H and O–H groups in total. The lowest BCUT2D eigenvalue weighted by Gasteiger charge is -2.10. The molecule has 0 bridgehead atoms. The van der Waals surface area contributed by atoms with E-state index >= 15 is 0 Å². The Balaban J connectivity index is 0.000000704. The smallest absolute Gasteiger partial charge is 0.0175 e. The van der Waals surface area contributed by atoms with Crippen LogP contribution in [0.15, 0.2) is 54.6 Å². The highest BCUT2D eigenvalue weighted by molar-refractivity contribution is 5.98. The minimum Gasteiger partial charge on any atom is -0.0683 e. The van der Waals surface area contributed by atoms with Crippen molar-refractivity contribution >= 4 is 21.5 Å². The molecule has 0 saturated heterocycles. The van der Waals surface area contributed by atoms with Crippen molar-refractivity contribution in [3.05, 3.63) is 60.2 Å². The van der Waals surface area contributed by atoms with Crippen LogP contribution in [0.2, 0.25) is 0 Å². The van der Waals surface area contributed by atoms with Crippen molar-refractivity contribution in [2.24, 2.45) is 0 Å². The second-order valence-electron chi connectivity index (χ2n) is 5.12. The van der Waals surface area contributed by atoms with Gasteiger partial charge in [-0.05, 0) is 51.6 Å². The summed E-state index contributed by atoms with van der Waals surface area (Å²) in [4.78, 5) is 0. The van der Waals surface area contributed by atoms with E-state index in [1.807, 2.05) is 13.8 Å². The van der Waals surface area contributed by atoms with E-state index in [1.165, 1.54) is 33.5 Å². The van der Waals surface area contributed by atoms with Gasteiger partial charge in [-0.1, -0.05) is 70.2 Å². The maximum Gasteiger partial charge on any atom is -0.0175 e. The van der Waals surface area contributed by atoms with Gasteiger partial charge in [0, 0.05) is 0 Å². The molecule has 3 aromatic rings. The predicted molar refractivity (Wildman–Crippen MR) is 91.5 cm³/mol. The van der Waals surface area contributed by atoms with Gasteiger partial charge < -0.3 is 0 Å². The summed E-state index contributed by atoms with van der Waals surface area (Å²) >= 11 is 0. The highest BCUT2D eigenvalue weighted by atomic mass is 14.1. The lowest BCUT2D eigenvalue weighted by molar-refractivity contribution is 0.735. The molecule has 20 heavy (non-hydrogen) atoms. The summed E-state index contributed by atoms with van der Waals surface area (Å²) in [6, 6.07) is 20.0. The van der Waals surface area contributed by atoms with Crippen LogP contribution in [0.1, 0.15) is 45.6 Å². The van der Waals surface area contributed by atoms with Gasteiger partial charge in [0.1, 0.15) is 0 Å². The number of rotatable bonds is 2. The van der Waals surface area contributed by atoms with Crippen LogP contribution < -0.4 is 0 Å². The summed E-state index contributed by atoms with van der Waals surface area (Å²) in [7, 11) is 0. The summed E-state index contributed by atoms with van der Waals surface area (Å²) in [5.74, 6) is 0.640. The Morgan fingerprint density at radius 1 is 0.750 bits per heavy atom. The summed E-state index contributed by atoms with van der Waals surface area (Å²) in [6.45, 7) is 8.54. The Morgan fingerprint density at radius 3 is 1.90 bits per heavy atom. The van der Waals surface area contributed by atoms with Gasteiger partial charge in [0.05, 0.1) is 0 Å². The second-order valence-corrected chi connectivity index (χ2v) is 5.12. The molecule has 0 heterocycles. The topological polar surface area (TPSA) is 0 Å². The van der Waals surface area contributed by atoms with Crippen molar-refractivity contribution < 1.29 is 0 Å². The van der Waals surface area contributed by atoms with Crippen molar-refractivity contribution in [3.63, 3.8) is 0 Å². The molecule has 0 aliphatic rings. The van der Waals surface area contributed by atoms with Crippen LogP contribution in [0.25, 0.3) is 21.5 Å². The molecule has 0 aliphatic heterocycles. The quantitative estimate of drug-likeness (QED) is 0.461. The molecule has 0 aliphatic carbocycles. The molecule has 0 amide bonds. The van der Waals surface area contributed by atoms with Gasteiger partial charge in [-0.3, -0.25) is 0 Å². The van der Waals surface area contributed by atoms with Gasteiger partial charge in [-0.15, -0.1) is 0 Å². The third kappa shape index (κ3) is 2.85. The van der Waals surface area contributed by atoms with E-state index in [1.54, 1.807) is 0 Å². The van der Waals surface area contributed by atoms with Crippen LogP contribution in [-0.2, 0) is 0 Å². The third-order valence-electron chi connectivity index (χ3n) is 3.91. The van der Waals surface area contributed by atoms with Gasteiger partial charge in [0.25, 0.3) is 0 Å². The average Bonchev–Trinajstić information content (AvgIpc) is 2.53. The zero-order valence-corrected chi connectivity index (χ0v) is 13.0. The van der Waals surface area contributed by atoms with Crippen LogP contribution in [0.3, 0.4) is 0 Å². The van der Waals surface area contributed by atoms with Gasteiger partial charge in [0.15, 0.2) is 0 Å². The van der Waals surface area contributed by atoms with Gasteiger partial charge in [-0.2, -0.15) is 0 Å². The van der Waals surface area contributed by atoms with Crippen LogP contribution in [0, 0.1) is 0 Å². The summed E-state index contributed by atoms with van der Waals surface area (Å²) in [5, 5.41) is 5.33. The Labute approximate surface area is 122 Å². The molecule has 1 atom stereocenters. The Morgan fingerprint density at radius 2 is 1.30 bits per heavy atom. The molecule has 0 aromatic heterocycles. The highest BCUT2D eigenvalue weighted by Gasteiger charge is 2.04. The summed E-state index contributed by atoms with van der Waals surface area (Å²) < 4.78 is 0. The molecule has 0 fully saturated rings. The fraction of sp³-hybridized carbons (Fsp3) is 0.300. The standard InChI is InChI=1S/C18H18.C2H6/c1-3-13(2)14-8-9-17-11-15-6-4-5-7-16(15)12-18(17)10-14;1-2/h4-13H,3H2,1-2H3;1-2H3. The molecule has 0 radical (unpaired) electrons. The van der Waals surface area contributed by atoms with E-state index in [0.717, 1.165) is 0 Å². The lowest BCUT2D eigenvalue weighted by atomic mass is 9.95. The van der Waals surface area contributed by atoms with Crippen molar-refractivity contribution in [3.8, 4) is 0 Å². The minimum absolute atomic E-state index is 0.640. The number of benzene rings is 3. The molecule has 0 saturated carbocycles. The summed E-state index contributed by atoms with van der Waals surface area (Å²) in [5.41, 5.74) is 1.44. The maximum atomic E-state index is 2.34. The van der Waals surface area contributed by atoms with E-state index in [4.69, 9.17) is 0 Å². The van der Waals surface area contributed by atoms with Crippen molar-refractivity contribution in [1.82, 2.24) is 0 Å². The Kier molecular flexibility index (Phi) is 4.79. The summed E-state index contributed by atoms with van der Waals surface area (Å²) in [6.07, 6.45) is 1.19. The minimum atomic E-state index is 0.640. The first-order chi connectivity index (χ1) is 9.78. The van der Waals surface area contributed by atoms with Crippen LogP contribution >= 0.6 is 0 Å². The van der Waals surface area contributed by atoms with Crippen LogP contribution in [0.4, 0.5) is 0 Å². The van der Waals surface area contributed by atoms with E-state index in [9.17, 15) is 0 Å². The van der Waals surface area contributed by atoms with E-state index in [2.05, 4.69) is 68.4 Å². The fourth-order valence-corrected chi connectivity index (χ4v) is 2.50. The van der Waals surface area contributed by atoms with Gasteiger partial charge in [0.2, 0.25) is 0 Å². The van der Waals surface area contributed by atoms with Crippen molar-refractivity contribution in [2.45, 2.75) is 40.0 Å². The van der Waals surface area contributed by atoms with E-state index < -0.39 is 0 Å². The van der Waals surface area contributed by atoms with E-state index in [-0.39, 0.29) is 0 Å². The molecule has 0 heteroatoms.